The largest absolute Gasteiger partial charge is 0.508 e. The summed E-state index contributed by atoms with van der Waals surface area (Å²) in [5.41, 5.74) is 3.90. The molecule has 3 aromatic carbocycles. The number of aryl methyl sites for hydroxylation is 1. The Morgan fingerprint density at radius 2 is 1.74 bits per heavy atom. The molecule has 4 rings (SSSR count). The first-order valence-electron chi connectivity index (χ1n) is 9.65. The number of aromatic hydroxyl groups is 1. The predicted molar refractivity (Wildman–Crippen MR) is 119 cm³/mol. The molecule has 0 bridgehead atoms. The van der Waals surface area contributed by atoms with E-state index in [1.54, 1.807) is 42.5 Å². The van der Waals surface area contributed by atoms with Crippen LogP contribution in [0, 0.1) is 6.92 Å². The van der Waals surface area contributed by atoms with E-state index in [2.05, 4.69) is 4.99 Å². The van der Waals surface area contributed by atoms with Crippen LogP contribution in [-0.4, -0.2) is 29.9 Å². The number of hydrogen-bond donors (Lipinski definition) is 1. The van der Waals surface area contributed by atoms with Crippen molar-refractivity contribution in [3.63, 3.8) is 0 Å². The Balaban J connectivity index is 1.76. The quantitative estimate of drug-likeness (QED) is 0.511. The number of phenols is 1. The molecule has 154 valence electrons. The van der Waals surface area contributed by atoms with Gasteiger partial charge in [0.05, 0.1) is 18.4 Å². The number of hydrogen-bond acceptors (Lipinski definition) is 5. The van der Waals surface area contributed by atoms with E-state index in [4.69, 9.17) is 4.74 Å². The topological polar surface area (TPSA) is 79.2 Å². The zero-order chi connectivity index (χ0) is 22.0. The maximum absolute atomic E-state index is 13.3. The minimum Gasteiger partial charge on any atom is -0.508 e. The molecule has 0 radical (unpaired) electrons. The van der Waals surface area contributed by atoms with E-state index in [0.717, 1.165) is 16.7 Å². The molecule has 0 atom stereocenters. The van der Waals surface area contributed by atoms with E-state index in [1.807, 2.05) is 31.2 Å². The fraction of sp³-hybridized carbons (Fsp3) is 0.0800. The lowest BCUT2D eigenvalue weighted by atomic mass is 10.1. The van der Waals surface area contributed by atoms with Crippen molar-refractivity contribution in [2.24, 2.45) is 4.99 Å². The number of methoxy groups -OCH3 is 1. The van der Waals surface area contributed by atoms with E-state index < -0.39 is 5.97 Å². The molecule has 1 aliphatic rings. The van der Waals surface area contributed by atoms with Crippen LogP contribution in [0.25, 0.3) is 6.08 Å². The minimum atomic E-state index is -0.422. The van der Waals surface area contributed by atoms with Gasteiger partial charge in [-0.25, -0.2) is 9.79 Å². The first-order valence-corrected chi connectivity index (χ1v) is 9.65. The molecule has 0 fully saturated rings. The van der Waals surface area contributed by atoms with Crippen LogP contribution in [-0.2, 0) is 9.53 Å². The summed E-state index contributed by atoms with van der Waals surface area (Å²) in [6.45, 7) is 1.98. The van der Waals surface area contributed by atoms with Gasteiger partial charge in [0.1, 0.15) is 17.3 Å². The van der Waals surface area contributed by atoms with Crippen molar-refractivity contribution in [1.29, 1.82) is 0 Å². The summed E-state index contributed by atoms with van der Waals surface area (Å²) < 4.78 is 4.72. The van der Waals surface area contributed by atoms with Crippen LogP contribution in [0.15, 0.2) is 83.5 Å². The second kappa shape index (κ2) is 8.28. The van der Waals surface area contributed by atoms with Crippen LogP contribution in [0.2, 0.25) is 0 Å². The Labute approximate surface area is 179 Å². The normalized spacial score (nSPS) is 14.6. The van der Waals surface area contributed by atoms with Gasteiger partial charge in [-0.2, -0.15) is 0 Å². The molecule has 0 aromatic heterocycles. The van der Waals surface area contributed by atoms with Crippen LogP contribution < -0.4 is 4.90 Å². The maximum Gasteiger partial charge on any atom is 0.337 e. The number of amides is 1. The molecule has 0 unspecified atom stereocenters. The van der Waals surface area contributed by atoms with Gasteiger partial charge in [0.2, 0.25) is 0 Å². The smallest absolute Gasteiger partial charge is 0.337 e. The van der Waals surface area contributed by atoms with Gasteiger partial charge in [0.25, 0.3) is 5.91 Å². The molecule has 0 spiro atoms. The van der Waals surface area contributed by atoms with Gasteiger partial charge in [-0.1, -0.05) is 35.9 Å². The van der Waals surface area contributed by atoms with Gasteiger partial charge >= 0.3 is 5.97 Å². The van der Waals surface area contributed by atoms with Gasteiger partial charge < -0.3 is 9.84 Å². The third-order valence-electron chi connectivity index (χ3n) is 4.88. The van der Waals surface area contributed by atoms with E-state index in [-0.39, 0.29) is 17.4 Å². The van der Waals surface area contributed by atoms with Crippen LogP contribution in [0.3, 0.4) is 0 Å². The SMILES string of the molecule is COC(=O)c1ccc(/C=C2/N=C(c3cccc(C)c3)N(c3ccc(O)cc3)C2=O)cc1. The first kappa shape index (κ1) is 20.1. The Kier molecular flexibility index (Phi) is 5.37. The Morgan fingerprint density at radius 1 is 1.03 bits per heavy atom. The highest BCUT2D eigenvalue weighted by molar-refractivity contribution is 6.33. The van der Waals surface area contributed by atoms with Gasteiger partial charge in [0.15, 0.2) is 0 Å². The highest BCUT2D eigenvalue weighted by Crippen LogP contribution is 2.29. The highest BCUT2D eigenvalue weighted by atomic mass is 16.5. The van der Waals surface area contributed by atoms with E-state index in [9.17, 15) is 14.7 Å². The number of aliphatic imine (C=N–C) groups is 1. The van der Waals surface area contributed by atoms with Crippen molar-refractivity contribution in [1.82, 2.24) is 0 Å². The second-order valence-electron chi connectivity index (χ2n) is 7.11. The number of ether oxygens (including phenoxy) is 1. The monoisotopic (exact) mass is 412 g/mol. The Bertz CT molecular complexity index is 1210. The van der Waals surface area contributed by atoms with Crippen LogP contribution in [0.1, 0.15) is 27.0 Å². The number of carbonyl (C=O) groups is 2. The molecule has 1 aliphatic heterocycles. The molecule has 6 heteroatoms. The standard InChI is InChI=1S/C25H20N2O4/c1-16-4-3-5-19(14-16)23-26-22(15-17-6-8-18(9-7-17)25(30)31-2)24(29)27(23)20-10-12-21(28)13-11-20/h3-15,28H,1-2H3/b22-15+. The van der Waals surface area contributed by atoms with E-state index in [0.29, 0.717) is 17.1 Å². The fourth-order valence-electron chi connectivity index (χ4n) is 3.33. The van der Waals surface area contributed by atoms with Crippen molar-refractivity contribution in [2.75, 3.05) is 12.0 Å². The van der Waals surface area contributed by atoms with Gasteiger partial charge in [0, 0.05) is 5.56 Å². The summed E-state index contributed by atoms with van der Waals surface area (Å²) in [5, 5.41) is 9.63. The molecule has 1 heterocycles. The van der Waals surface area contributed by atoms with Crippen LogP contribution in [0.5, 0.6) is 5.75 Å². The lowest BCUT2D eigenvalue weighted by Gasteiger charge is -2.18. The number of carbonyl (C=O) groups excluding carboxylic acids is 2. The zero-order valence-electron chi connectivity index (χ0n) is 17.1. The molecule has 31 heavy (non-hydrogen) atoms. The summed E-state index contributed by atoms with van der Waals surface area (Å²) in [7, 11) is 1.33. The molecule has 0 aliphatic carbocycles. The molecule has 1 N–H and O–H groups in total. The minimum absolute atomic E-state index is 0.117. The fourth-order valence-corrected chi connectivity index (χ4v) is 3.33. The van der Waals surface area contributed by atoms with Crippen molar-refractivity contribution in [2.45, 2.75) is 6.92 Å². The predicted octanol–water partition coefficient (Wildman–Crippen LogP) is 4.32. The maximum atomic E-state index is 13.3. The van der Waals surface area contributed by atoms with Gasteiger partial charge in [-0.3, -0.25) is 9.69 Å². The summed E-state index contributed by atoms with van der Waals surface area (Å²) in [6, 6.07) is 20.9. The van der Waals surface area contributed by atoms with Crippen molar-refractivity contribution in [3.05, 3.63) is 101 Å². The lowest BCUT2D eigenvalue weighted by molar-refractivity contribution is -0.113. The lowest BCUT2D eigenvalue weighted by Crippen LogP contribution is -2.32. The number of anilines is 1. The summed E-state index contributed by atoms with van der Waals surface area (Å²) in [4.78, 5) is 31.1. The van der Waals surface area contributed by atoms with Gasteiger partial charge in [-0.15, -0.1) is 0 Å². The average Bonchev–Trinajstić information content (AvgIpc) is 3.10. The number of nitrogens with zero attached hydrogens (tertiary/aromatic N) is 2. The third kappa shape index (κ3) is 4.09. The average molecular weight is 412 g/mol. The molecular weight excluding hydrogens is 392 g/mol. The number of benzene rings is 3. The molecule has 3 aromatic rings. The molecule has 6 nitrogen and oxygen atoms in total. The van der Waals surface area contributed by atoms with Crippen molar-refractivity contribution in [3.8, 4) is 5.75 Å². The molecule has 0 saturated carbocycles. The Morgan fingerprint density at radius 3 is 2.39 bits per heavy atom. The van der Waals surface area contributed by atoms with Crippen LogP contribution in [0.4, 0.5) is 5.69 Å². The summed E-state index contributed by atoms with van der Waals surface area (Å²) in [6.07, 6.45) is 1.68. The third-order valence-corrected chi connectivity index (χ3v) is 4.88. The number of amidine groups is 1. The van der Waals surface area contributed by atoms with Crippen molar-refractivity contribution >= 4 is 29.5 Å². The first-order chi connectivity index (χ1) is 15.0. The summed E-state index contributed by atoms with van der Waals surface area (Å²) >= 11 is 0. The number of rotatable bonds is 4. The summed E-state index contributed by atoms with van der Waals surface area (Å²) in [5.74, 6) is -0.0728. The Hall–Kier alpha value is -4.19. The van der Waals surface area contributed by atoms with E-state index in [1.165, 1.54) is 24.1 Å². The highest BCUT2D eigenvalue weighted by Gasteiger charge is 2.32. The number of phenolic OH excluding ortho intramolecular Hbond substituents is 1. The molecule has 0 saturated heterocycles. The zero-order valence-corrected chi connectivity index (χ0v) is 17.1. The molecule has 1 amide bonds. The van der Waals surface area contributed by atoms with Gasteiger partial charge in [-0.05, 0) is 61.0 Å². The second-order valence-corrected chi connectivity index (χ2v) is 7.11. The molecular formula is C25H20N2O4. The van der Waals surface area contributed by atoms with E-state index >= 15 is 0 Å². The van der Waals surface area contributed by atoms with Crippen molar-refractivity contribution < 1.29 is 19.4 Å². The van der Waals surface area contributed by atoms with Crippen LogP contribution >= 0.6 is 0 Å². The number of esters is 1.